The van der Waals surface area contributed by atoms with Crippen LogP contribution in [0.2, 0.25) is 0 Å². The minimum absolute atomic E-state index is 0.220. The molecule has 4 aromatic rings. The molecule has 5 N–H and O–H groups in total. The maximum Gasteiger partial charge on any atom is 0.164 e. The summed E-state index contributed by atoms with van der Waals surface area (Å²) >= 11 is 0. The minimum atomic E-state index is -0.875. The third kappa shape index (κ3) is 3.52. The maximum atomic E-state index is 10.7. The molecule has 2 heterocycles. The first kappa shape index (κ1) is 20.8. The Balaban J connectivity index is 1.63. The van der Waals surface area contributed by atoms with Crippen LogP contribution in [0.25, 0.3) is 22.3 Å². The molecular weight excluding hydrogens is 420 g/mol. The lowest BCUT2D eigenvalue weighted by Crippen LogP contribution is -2.42. The number of nitrogens with two attached hydrogens (primary N) is 1. The van der Waals surface area contributed by atoms with Crippen LogP contribution in [0.4, 0.5) is 11.5 Å². The number of rotatable bonds is 7. The van der Waals surface area contributed by atoms with Crippen molar-refractivity contribution in [2.24, 2.45) is 0 Å². The van der Waals surface area contributed by atoms with Crippen molar-refractivity contribution in [1.29, 1.82) is 0 Å². The Morgan fingerprint density at radius 2 is 1.88 bits per heavy atom. The van der Waals surface area contributed by atoms with Gasteiger partial charge in [0, 0.05) is 17.8 Å². The quantitative estimate of drug-likeness (QED) is 0.194. The molecule has 2 aromatic heterocycles. The summed E-state index contributed by atoms with van der Waals surface area (Å²) in [7, 11) is 0. The average molecular weight is 444 g/mol. The van der Waals surface area contributed by atoms with Crippen molar-refractivity contribution in [3.8, 4) is 22.8 Å². The van der Waals surface area contributed by atoms with Crippen molar-refractivity contribution in [3.05, 3.63) is 67.5 Å². The Morgan fingerprint density at radius 1 is 1.12 bits per heavy atom. The number of fused-ring (bicyclic) bond motifs is 1. The number of hydrogen-bond donors (Lipinski definition) is 4. The van der Waals surface area contributed by atoms with Gasteiger partial charge in [-0.3, -0.25) is 0 Å². The van der Waals surface area contributed by atoms with Gasteiger partial charge in [0.2, 0.25) is 0 Å². The molecule has 0 radical (unpaired) electrons. The summed E-state index contributed by atoms with van der Waals surface area (Å²) in [5.74, 6) is -0.200. The number of nitrogens with zero attached hydrogens (tertiary/aromatic N) is 5. The Morgan fingerprint density at radius 3 is 2.55 bits per heavy atom. The molecule has 168 valence electrons. The lowest BCUT2D eigenvalue weighted by Gasteiger charge is -2.32. The van der Waals surface area contributed by atoms with E-state index in [1.807, 2.05) is 39.9 Å². The molecule has 33 heavy (non-hydrogen) atoms. The molecule has 1 saturated carbocycles. The number of para-hydroxylation sites is 1. The highest BCUT2D eigenvalue weighted by molar-refractivity contribution is 5.98. The Kier molecular flexibility index (Phi) is 4.90. The number of nitrogen functional groups attached to an aromatic ring is 1. The van der Waals surface area contributed by atoms with Gasteiger partial charge in [0.1, 0.15) is 24.1 Å². The van der Waals surface area contributed by atoms with Gasteiger partial charge in [-0.25, -0.2) is 14.6 Å². The number of hydrogen-bond acceptors (Lipinski definition) is 8. The fourth-order valence-electron chi connectivity index (χ4n) is 4.16. The number of phenolic OH excluding ortho intramolecular Hbond substituents is 2. The number of phenols is 2. The standard InChI is InChI=1S/C24H24N6O3/c1-2-19(33)29(16-6-4-3-5-7-16)13-24(10-11-24)30-23-20(22(25)26-14-27-23)21(28-30)15-8-9-17(31)18(32)12-15/h2-9,12,14,19,31-33H,1,10-11,13H2,(H2,25,26,27). The Labute approximate surface area is 190 Å². The highest BCUT2D eigenvalue weighted by Gasteiger charge is 2.49. The molecule has 0 bridgehead atoms. The van der Waals surface area contributed by atoms with Crippen LogP contribution in [0.1, 0.15) is 12.8 Å². The van der Waals surface area contributed by atoms with E-state index in [4.69, 9.17) is 10.8 Å². The van der Waals surface area contributed by atoms with Crippen molar-refractivity contribution in [3.63, 3.8) is 0 Å². The molecule has 0 saturated heterocycles. The maximum absolute atomic E-state index is 10.7. The topological polar surface area (TPSA) is 134 Å². The first-order chi connectivity index (χ1) is 15.9. The van der Waals surface area contributed by atoms with Gasteiger partial charge in [-0.1, -0.05) is 24.8 Å². The van der Waals surface area contributed by atoms with E-state index in [1.165, 1.54) is 24.5 Å². The fraction of sp³-hybridized carbons (Fsp3) is 0.208. The molecule has 1 fully saturated rings. The summed E-state index contributed by atoms with van der Waals surface area (Å²) < 4.78 is 1.85. The van der Waals surface area contributed by atoms with E-state index >= 15 is 0 Å². The third-order valence-corrected chi connectivity index (χ3v) is 6.10. The Bertz CT molecular complexity index is 1330. The van der Waals surface area contributed by atoms with Crippen LogP contribution >= 0.6 is 0 Å². The zero-order valence-electron chi connectivity index (χ0n) is 17.8. The summed E-state index contributed by atoms with van der Waals surface area (Å²) in [6.45, 7) is 4.23. The number of aliphatic hydroxyl groups is 1. The van der Waals surface area contributed by atoms with Crippen molar-refractivity contribution < 1.29 is 15.3 Å². The van der Waals surface area contributed by atoms with Crippen LogP contribution in [0.5, 0.6) is 11.5 Å². The van der Waals surface area contributed by atoms with Crippen molar-refractivity contribution >= 4 is 22.5 Å². The largest absolute Gasteiger partial charge is 0.504 e. The van der Waals surface area contributed by atoms with Gasteiger partial charge >= 0.3 is 0 Å². The van der Waals surface area contributed by atoms with Crippen molar-refractivity contribution in [1.82, 2.24) is 19.7 Å². The monoisotopic (exact) mass is 444 g/mol. The van der Waals surface area contributed by atoms with Crippen LogP contribution in [0, 0.1) is 0 Å². The molecule has 0 aliphatic heterocycles. The molecule has 0 amide bonds. The molecule has 1 atom stereocenters. The Hall–Kier alpha value is -4.11. The number of benzene rings is 2. The van der Waals surface area contributed by atoms with Gasteiger partial charge in [0.25, 0.3) is 0 Å². The number of anilines is 2. The molecular formula is C24H24N6O3. The molecule has 1 aliphatic carbocycles. The lowest BCUT2D eigenvalue weighted by molar-refractivity contribution is 0.207. The highest BCUT2D eigenvalue weighted by atomic mass is 16.3. The summed E-state index contributed by atoms with van der Waals surface area (Å²) in [5.41, 5.74) is 8.33. The van der Waals surface area contributed by atoms with E-state index in [0.717, 1.165) is 18.5 Å². The van der Waals surface area contributed by atoms with Crippen LogP contribution in [-0.2, 0) is 5.54 Å². The smallest absolute Gasteiger partial charge is 0.164 e. The second-order valence-electron chi connectivity index (χ2n) is 8.26. The minimum Gasteiger partial charge on any atom is -0.504 e. The zero-order chi connectivity index (χ0) is 23.2. The predicted molar refractivity (Wildman–Crippen MR) is 126 cm³/mol. The summed E-state index contributed by atoms with van der Waals surface area (Å²) in [6, 6.07) is 14.1. The second-order valence-corrected chi connectivity index (χ2v) is 8.26. The third-order valence-electron chi connectivity index (χ3n) is 6.10. The van der Waals surface area contributed by atoms with Crippen LogP contribution in [-0.4, -0.2) is 47.8 Å². The van der Waals surface area contributed by atoms with Crippen molar-refractivity contribution in [2.45, 2.75) is 24.6 Å². The molecule has 1 aliphatic rings. The van der Waals surface area contributed by atoms with E-state index in [0.29, 0.717) is 28.8 Å². The van der Waals surface area contributed by atoms with E-state index in [9.17, 15) is 15.3 Å². The number of aromatic nitrogens is 4. The van der Waals surface area contributed by atoms with Crippen molar-refractivity contribution in [2.75, 3.05) is 17.2 Å². The molecule has 9 nitrogen and oxygen atoms in total. The predicted octanol–water partition coefficient (Wildman–Crippen LogP) is 2.99. The molecule has 0 spiro atoms. The van der Waals surface area contributed by atoms with Crippen LogP contribution in [0.15, 0.2) is 67.5 Å². The summed E-state index contributed by atoms with van der Waals surface area (Å²) in [5, 5.41) is 35.9. The van der Waals surface area contributed by atoms with Gasteiger partial charge in [-0.15, -0.1) is 0 Å². The first-order valence-electron chi connectivity index (χ1n) is 10.6. The highest BCUT2D eigenvalue weighted by Crippen LogP contribution is 2.48. The van der Waals surface area contributed by atoms with E-state index in [1.54, 1.807) is 6.07 Å². The van der Waals surface area contributed by atoms with E-state index < -0.39 is 11.8 Å². The fourth-order valence-corrected chi connectivity index (χ4v) is 4.16. The van der Waals surface area contributed by atoms with Crippen LogP contribution in [0.3, 0.4) is 0 Å². The number of aliphatic hydroxyl groups excluding tert-OH is 1. The number of aromatic hydroxyl groups is 2. The van der Waals surface area contributed by atoms with E-state index in [-0.39, 0.29) is 17.3 Å². The average Bonchev–Trinajstić information content (AvgIpc) is 3.50. The molecule has 1 unspecified atom stereocenters. The normalized spacial score (nSPS) is 15.3. The molecule has 2 aromatic carbocycles. The van der Waals surface area contributed by atoms with Gasteiger partial charge in [0.05, 0.1) is 10.9 Å². The molecule has 5 rings (SSSR count). The van der Waals surface area contributed by atoms with Gasteiger partial charge in [0.15, 0.2) is 17.1 Å². The molecule has 9 heteroatoms. The lowest BCUT2D eigenvalue weighted by atomic mass is 10.1. The van der Waals surface area contributed by atoms with Gasteiger partial charge in [-0.05, 0) is 49.2 Å². The van der Waals surface area contributed by atoms with E-state index in [2.05, 4.69) is 16.5 Å². The second kappa shape index (κ2) is 7.79. The zero-order valence-corrected chi connectivity index (χ0v) is 17.8. The summed E-state index contributed by atoms with van der Waals surface area (Å²) in [6.07, 6.45) is 3.69. The SMILES string of the molecule is C=CC(O)N(CC1(n2nc(-c3ccc(O)c(O)c3)c3c(N)ncnc32)CC1)c1ccccc1. The first-order valence-corrected chi connectivity index (χ1v) is 10.6. The van der Waals surface area contributed by atoms with Crippen LogP contribution < -0.4 is 10.6 Å². The van der Waals surface area contributed by atoms with Gasteiger partial charge in [-0.2, -0.15) is 5.10 Å². The summed E-state index contributed by atoms with van der Waals surface area (Å²) in [4.78, 5) is 10.5. The van der Waals surface area contributed by atoms with Gasteiger partial charge < -0.3 is 26.0 Å².